The Hall–Kier alpha value is -0.750. The van der Waals surface area contributed by atoms with E-state index in [1.807, 2.05) is 0 Å². The van der Waals surface area contributed by atoms with E-state index < -0.39 is 42.8 Å². The summed E-state index contributed by atoms with van der Waals surface area (Å²) in [6.07, 6.45) is -2.33. The molecule has 1 aliphatic carbocycles. The zero-order valence-electron chi connectivity index (χ0n) is 6.78. The lowest BCUT2D eigenvalue weighted by atomic mass is 9.75. The van der Waals surface area contributed by atoms with Crippen molar-refractivity contribution >= 4 is 5.97 Å². The Morgan fingerprint density at radius 2 is 2.00 bits per heavy atom. The summed E-state index contributed by atoms with van der Waals surface area (Å²) in [6, 6.07) is -1.47. The predicted molar refractivity (Wildman–Crippen MR) is 39.3 cm³/mol. The minimum atomic E-state index is -2.76. The van der Waals surface area contributed by atoms with Crippen LogP contribution in [0.1, 0.15) is 12.8 Å². The first kappa shape index (κ1) is 10.3. The van der Waals surface area contributed by atoms with Gasteiger partial charge in [0.05, 0.1) is 6.10 Å². The summed E-state index contributed by atoms with van der Waals surface area (Å²) in [5.41, 5.74) is 5.06. The van der Waals surface area contributed by atoms with Crippen LogP contribution in [-0.2, 0) is 4.79 Å². The van der Waals surface area contributed by atoms with Gasteiger partial charge >= 0.3 is 5.97 Å². The van der Waals surface area contributed by atoms with Gasteiger partial charge < -0.3 is 15.9 Å². The number of nitrogens with two attached hydrogens (primary N) is 1. The summed E-state index contributed by atoms with van der Waals surface area (Å²) < 4.78 is 24.6. The van der Waals surface area contributed by atoms with Crippen LogP contribution in [0.2, 0.25) is 0 Å². The van der Waals surface area contributed by atoms with Crippen LogP contribution in [0.5, 0.6) is 0 Å². The van der Waals surface area contributed by atoms with E-state index in [4.69, 9.17) is 10.8 Å². The van der Waals surface area contributed by atoms with E-state index >= 15 is 0 Å². The van der Waals surface area contributed by atoms with E-state index in [0.717, 1.165) is 0 Å². The van der Waals surface area contributed by atoms with Crippen molar-refractivity contribution < 1.29 is 23.8 Å². The minimum Gasteiger partial charge on any atom is -0.480 e. The highest BCUT2D eigenvalue weighted by molar-refractivity contribution is 5.73. The maximum absolute atomic E-state index is 12.3. The number of hydrogen-bond acceptors (Lipinski definition) is 3. The molecule has 2 unspecified atom stereocenters. The lowest BCUT2D eigenvalue weighted by molar-refractivity contribution is -0.159. The molecule has 1 aliphatic rings. The zero-order chi connectivity index (χ0) is 10.2. The maximum atomic E-state index is 12.3. The highest BCUT2D eigenvalue weighted by Gasteiger charge is 2.50. The summed E-state index contributed by atoms with van der Waals surface area (Å²) >= 11 is 0. The first-order valence-electron chi connectivity index (χ1n) is 3.88. The van der Waals surface area contributed by atoms with Gasteiger partial charge in [0.25, 0.3) is 0 Å². The van der Waals surface area contributed by atoms with Gasteiger partial charge in [0.2, 0.25) is 5.92 Å². The largest absolute Gasteiger partial charge is 0.480 e. The standard InChI is InChI=1S/C7H11F2NO3/c8-7(9)1-3(2-7)5(11)4(10)6(12)13/h3-5,11H,1-2,10H2,(H,12,13). The second-order valence-corrected chi connectivity index (χ2v) is 3.38. The van der Waals surface area contributed by atoms with Gasteiger partial charge in [-0.05, 0) is 5.92 Å². The van der Waals surface area contributed by atoms with Crippen LogP contribution in [-0.4, -0.2) is 34.3 Å². The molecule has 4 nitrogen and oxygen atoms in total. The summed E-state index contributed by atoms with van der Waals surface area (Å²) in [7, 11) is 0. The van der Waals surface area contributed by atoms with Crippen LogP contribution in [0.15, 0.2) is 0 Å². The fraction of sp³-hybridized carbons (Fsp3) is 0.857. The summed E-state index contributed by atoms with van der Waals surface area (Å²) in [5, 5.41) is 17.6. The molecule has 0 heterocycles. The number of aliphatic hydroxyl groups excluding tert-OH is 1. The highest BCUT2D eigenvalue weighted by atomic mass is 19.3. The third-order valence-corrected chi connectivity index (χ3v) is 2.26. The van der Waals surface area contributed by atoms with Crippen molar-refractivity contribution in [3.63, 3.8) is 0 Å². The van der Waals surface area contributed by atoms with Crippen LogP contribution >= 0.6 is 0 Å². The number of aliphatic hydroxyl groups is 1. The second-order valence-electron chi connectivity index (χ2n) is 3.38. The molecular weight excluding hydrogens is 184 g/mol. The Morgan fingerprint density at radius 1 is 1.54 bits per heavy atom. The quantitative estimate of drug-likeness (QED) is 0.582. The third-order valence-electron chi connectivity index (χ3n) is 2.26. The Labute approximate surface area is 73.3 Å². The molecule has 0 aromatic carbocycles. The van der Waals surface area contributed by atoms with Crippen molar-refractivity contribution in [1.82, 2.24) is 0 Å². The van der Waals surface area contributed by atoms with Crippen molar-refractivity contribution in [3.05, 3.63) is 0 Å². The molecule has 0 saturated heterocycles. The van der Waals surface area contributed by atoms with Gasteiger partial charge in [0.15, 0.2) is 0 Å². The number of carbonyl (C=O) groups is 1. The van der Waals surface area contributed by atoms with Crippen molar-refractivity contribution in [1.29, 1.82) is 0 Å². The molecule has 13 heavy (non-hydrogen) atoms. The van der Waals surface area contributed by atoms with E-state index in [1.54, 1.807) is 0 Å². The first-order valence-corrected chi connectivity index (χ1v) is 3.88. The van der Waals surface area contributed by atoms with E-state index in [1.165, 1.54) is 0 Å². The van der Waals surface area contributed by atoms with Crippen LogP contribution in [0.3, 0.4) is 0 Å². The van der Waals surface area contributed by atoms with Crippen LogP contribution in [0, 0.1) is 5.92 Å². The Morgan fingerprint density at radius 3 is 2.31 bits per heavy atom. The first-order chi connectivity index (χ1) is 5.83. The fourth-order valence-corrected chi connectivity index (χ4v) is 1.39. The van der Waals surface area contributed by atoms with Crippen molar-refractivity contribution in [2.24, 2.45) is 11.7 Å². The number of halogens is 2. The molecule has 6 heteroatoms. The SMILES string of the molecule is NC(C(=O)O)C(O)C1CC(F)(F)C1. The number of hydrogen-bond donors (Lipinski definition) is 3. The van der Waals surface area contributed by atoms with Gasteiger partial charge in [-0.2, -0.15) is 0 Å². The van der Waals surface area contributed by atoms with Crippen LogP contribution in [0.25, 0.3) is 0 Å². The van der Waals surface area contributed by atoms with Crippen molar-refractivity contribution in [2.45, 2.75) is 30.9 Å². The molecule has 1 rings (SSSR count). The lowest BCUT2D eigenvalue weighted by Crippen LogP contribution is -2.52. The normalized spacial score (nSPS) is 26.2. The maximum Gasteiger partial charge on any atom is 0.323 e. The molecule has 0 spiro atoms. The molecule has 0 aliphatic heterocycles. The Bertz CT molecular complexity index is 214. The Balaban J connectivity index is 2.43. The molecule has 76 valence electrons. The van der Waals surface area contributed by atoms with Gasteiger partial charge in [-0.15, -0.1) is 0 Å². The minimum absolute atomic E-state index is 0.477. The molecule has 0 aromatic heterocycles. The smallest absolute Gasteiger partial charge is 0.323 e. The van der Waals surface area contributed by atoms with E-state index in [2.05, 4.69) is 0 Å². The Kier molecular flexibility index (Phi) is 2.53. The lowest BCUT2D eigenvalue weighted by Gasteiger charge is -2.38. The van der Waals surface area contributed by atoms with Gasteiger partial charge in [-0.3, -0.25) is 4.79 Å². The summed E-state index contributed by atoms with van der Waals surface area (Å²) in [4.78, 5) is 10.3. The monoisotopic (exact) mass is 195 g/mol. The second kappa shape index (κ2) is 3.19. The number of alkyl halides is 2. The topological polar surface area (TPSA) is 83.6 Å². The van der Waals surface area contributed by atoms with E-state index in [0.29, 0.717) is 0 Å². The third kappa shape index (κ3) is 2.13. The van der Waals surface area contributed by atoms with Gasteiger partial charge in [0, 0.05) is 12.8 Å². The molecule has 2 atom stereocenters. The molecular formula is C7H11F2NO3. The number of carboxylic acids is 1. The molecule has 0 aromatic rings. The molecule has 1 fully saturated rings. The summed E-state index contributed by atoms with van der Waals surface area (Å²) in [5.74, 6) is -4.83. The number of carboxylic acid groups (broad SMARTS) is 1. The molecule has 0 radical (unpaired) electrons. The van der Waals surface area contributed by atoms with Gasteiger partial charge in [0.1, 0.15) is 6.04 Å². The molecule has 0 amide bonds. The van der Waals surface area contributed by atoms with Gasteiger partial charge in [-0.1, -0.05) is 0 Å². The van der Waals surface area contributed by atoms with Crippen molar-refractivity contribution in [3.8, 4) is 0 Å². The molecule has 1 saturated carbocycles. The zero-order valence-corrected chi connectivity index (χ0v) is 6.78. The fourth-order valence-electron chi connectivity index (χ4n) is 1.39. The average Bonchev–Trinajstić information content (AvgIpc) is 1.97. The highest BCUT2D eigenvalue weighted by Crippen LogP contribution is 2.44. The molecule has 0 bridgehead atoms. The summed E-state index contributed by atoms with van der Waals surface area (Å²) in [6.45, 7) is 0. The predicted octanol–water partition coefficient (Wildman–Crippen LogP) is -0.196. The van der Waals surface area contributed by atoms with Crippen LogP contribution < -0.4 is 5.73 Å². The van der Waals surface area contributed by atoms with Gasteiger partial charge in [-0.25, -0.2) is 8.78 Å². The van der Waals surface area contributed by atoms with Crippen molar-refractivity contribution in [2.75, 3.05) is 0 Å². The molecule has 4 N–H and O–H groups in total. The van der Waals surface area contributed by atoms with Crippen LogP contribution in [0.4, 0.5) is 8.78 Å². The average molecular weight is 195 g/mol. The number of rotatable bonds is 3. The number of aliphatic carboxylic acids is 1. The van der Waals surface area contributed by atoms with E-state index in [9.17, 15) is 18.7 Å². The van der Waals surface area contributed by atoms with E-state index in [-0.39, 0.29) is 0 Å².